The van der Waals surface area contributed by atoms with Crippen LogP contribution < -0.4 is 11.1 Å². The van der Waals surface area contributed by atoms with E-state index in [9.17, 15) is 4.79 Å². The monoisotopic (exact) mass is 287 g/mol. The van der Waals surface area contributed by atoms with Crippen LogP contribution in [-0.2, 0) is 4.79 Å². The maximum atomic E-state index is 12.4. The molecule has 1 aliphatic heterocycles. The first-order chi connectivity index (χ1) is 9.98. The van der Waals surface area contributed by atoms with Crippen molar-refractivity contribution in [3.05, 3.63) is 29.3 Å². The number of aryl methyl sites for hydroxylation is 2. The first-order valence-corrected chi connectivity index (χ1v) is 7.90. The summed E-state index contributed by atoms with van der Waals surface area (Å²) in [6.07, 6.45) is 3.84. The number of carbonyl (C=O) groups excluding carboxylic acids is 1. The molecule has 1 saturated carbocycles. The number of hydrogen-bond acceptors (Lipinski definition) is 3. The van der Waals surface area contributed by atoms with Crippen LogP contribution in [0, 0.1) is 13.8 Å². The summed E-state index contributed by atoms with van der Waals surface area (Å²) in [5.41, 5.74) is 9.25. The van der Waals surface area contributed by atoms with E-state index in [1.54, 1.807) is 0 Å². The third-order valence-corrected chi connectivity index (χ3v) is 4.80. The number of amides is 1. The van der Waals surface area contributed by atoms with E-state index in [1.165, 1.54) is 11.1 Å². The molecular formula is C17H25N3O. The number of rotatable bonds is 3. The summed E-state index contributed by atoms with van der Waals surface area (Å²) in [5, 5.41) is 3.57. The summed E-state index contributed by atoms with van der Waals surface area (Å²) in [7, 11) is 0. The van der Waals surface area contributed by atoms with Crippen LogP contribution in [0.3, 0.4) is 0 Å². The molecule has 4 nitrogen and oxygen atoms in total. The molecule has 0 unspecified atom stereocenters. The molecule has 2 fully saturated rings. The zero-order valence-corrected chi connectivity index (χ0v) is 13.0. The highest BCUT2D eigenvalue weighted by Gasteiger charge is 2.48. The lowest BCUT2D eigenvalue weighted by atomic mass is 10.0. The van der Waals surface area contributed by atoms with Crippen molar-refractivity contribution in [3.8, 4) is 0 Å². The van der Waals surface area contributed by atoms with E-state index in [0.717, 1.165) is 44.5 Å². The van der Waals surface area contributed by atoms with E-state index in [4.69, 9.17) is 5.73 Å². The Morgan fingerprint density at radius 1 is 1.33 bits per heavy atom. The van der Waals surface area contributed by atoms with Crippen LogP contribution in [0.2, 0.25) is 0 Å². The molecule has 3 N–H and O–H groups in total. The van der Waals surface area contributed by atoms with Gasteiger partial charge in [0.1, 0.15) is 0 Å². The first-order valence-electron chi connectivity index (χ1n) is 7.90. The molecule has 3 rings (SSSR count). The Bertz CT molecular complexity index is 551. The molecule has 114 valence electrons. The van der Waals surface area contributed by atoms with Gasteiger partial charge < -0.3 is 16.0 Å². The molecule has 0 radical (unpaired) electrons. The number of hydrogen-bond donors (Lipinski definition) is 2. The van der Waals surface area contributed by atoms with Crippen molar-refractivity contribution in [2.24, 2.45) is 5.73 Å². The topological polar surface area (TPSA) is 58.4 Å². The largest absolute Gasteiger partial charge is 0.381 e. The van der Waals surface area contributed by atoms with Crippen LogP contribution in [0.1, 0.15) is 36.8 Å². The number of nitrogens with one attached hydrogen (secondary N) is 1. The van der Waals surface area contributed by atoms with E-state index in [-0.39, 0.29) is 5.91 Å². The van der Waals surface area contributed by atoms with Gasteiger partial charge in [-0.05, 0) is 62.8 Å². The first kappa shape index (κ1) is 14.4. The van der Waals surface area contributed by atoms with Crippen LogP contribution in [0.25, 0.3) is 0 Å². The molecule has 1 amide bonds. The fraction of sp³-hybridized carbons (Fsp3) is 0.588. The van der Waals surface area contributed by atoms with Crippen molar-refractivity contribution in [2.75, 3.05) is 18.4 Å². The number of carbonyl (C=O) groups is 1. The van der Waals surface area contributed by atoms with Gasteiger partial charge in [-0.2, -0.15) is 0 Å². The predicted molar refractivity (Wildman–Crippen MR) is 85.3 cm³/mol. The number of nitrogens with two attached hydrogens (primary N) is 1. The molecule has 21 heavy (non-hydrogen) atoms. The molecule has 1 atom stereocenters. The average Bonchev–Trinajstić information content (AvgIpc) is 3.22. The minimum absolute atomic E-state index is 0.147. The highest BCUT2D eigenvalue weighted by Crippen LogP contribution is 2.35. The quantitative estimate of drug-likeness (QED) is 0.896. The summed E-state index contributed by atoms with van der Waals surface area (Å²) in [6.45, 7) is 5.87. The number of piperidine rings is 1. The summed E-state index contributed by atoms with van der Waals surface area (Å²) in [4.78, 5) is 14.3. The van der Waals surface area contributed by atoms with Crippen LogP contribution in [0.15, 0.2) is 18.2 Å². The second-order valence-electron chi connectivity index (χ2n) is 6.69. The van der Waals surface area contributed by atoms with Gasteiger partial charge in [0.2, 0.25) is 5.91 Å². The highest BCUT2D eigenvalue weighted by atomic mass is 16.2. The third-order valence-electron chi connectivity index (χ3n) is 4.80. The average molecular weight is 287 g/mol. The van der Waals surface area contributed by atoms with E-state index < -0.39 is 5.54 Å². The van der Waals surface area contributed by atoms with Gasteiger partial charge in [0.25, 0.3) is 0 Å². The maximum Gasteiger partial charge on any atom is 0.242 e. The number of anilines is 1. The van der Waals surface area contributed by atoms with Crippen LogP contribution in [-0.4, -0.2) is 35.5 Å². The van der Waals surface area contributed by atoms with Gasteiger partial charge in [0.05, 0.1) is 5.54 Å². The van der Waals surface area contributed by atoms with E-state index >= 15 is 0 Å². The van der Waals surface area contributed by atoms with Crippen LogP contribution in [0.4, 0.5) is 5.69 Å². The van der Waals surface area contributed by atoms with E-state index in [0.29, 0.717) is 6.04 Å². The van der Waals surface area contributed by atoms with Gasteiger partial charge >= 0.3 is 0 Å². The van der Waals surface area contributed by atoms with Crippen molar-refractivity contribution in [2.45, 2.75) is 51.1 Å². The molecule has 0 spiro atoms. The van der Waals surface area contributed by atoms with E-state index in [1.807, 2.05) is 4.90 Å². The Kier molecular flexibility index (Phi) is 3.66. The number of benzene rings is 1. The van der Waals surface area contributed by atoms with Gasteiger partial charge in [0, 0.05) is 24.8 Å². The zero-order chi connectivity index (χ0) is 15.0. The molecule has 4 heteroatoms. The van der Waals surface area contributed by atoms with Gasteiger partial charge in [-0.25, -0.2) is 0 Å². The summed E-state index contributed by atoms with van der Waals surface area (Å²) in [5.74, 6) is 0.147. The Hall–Kier alpha value is -1.55. The normalized spacial score (nSPS) is 23.8. The Balaban J connectivity index is 1.63. The lowest BCUT2D eigenvalue weighted by Crippen LogP contribution is -2.52. The standard InChI is InChI=1S/C17H25N3O/c1-12-5-6-14(10-13(12)2)19-15-4-3-9-20(11-15)16(21)17(18)7-8-17/h5-6,10,15,19H,3-4,7-9,11,18H2,1-2H3/t15-/m1/s1. The third kappa shape index (κ3) is 3.05. The van der Waals surface area contributed by atoms with Crippen molar-refractivity contribution in [3.63, 3.8) is 0 Å². The van der Waals surface area contributed by atoms with Gasteiger partial charge in [-0.15, -0.1) is 0 Å². The predicted octanol–water partition coefficient (Wildman–Crippen LogP) is 2.20. The summed E-state index contributed by atoms with van der Waals surface area (Å²) < 4.78 is 0. The van der Waals surface area contributed by atoms with Crippen molar-refractivity contribution in [1.29, 1.82) is 0 Å². The molecule has 0 bridgehead atoms. The fourth-order valence-electron chi connectivity index (χ4n) is 3.01. The van der Waals surface area contributed by atoms with Crippen molar-refractivity contribution in [1.82, 2.24) is 4.90 Å². The summed E-state index contributed by atoms with van der Waals surface area (Å²) in [6, 6.07) is 6.77. The lowest BCUT2D eigenvalue weighted by molar-refractivity contribution is -0.134. The van der Waals surface area contributed by atoms with Crippen LogP contribution in [0.5, 0.6) is 0 Å². The Morgan fingerprint density at radius 2 is 2.10 bits per heavy atom. The zero-order valence-electron chi connectivity index (χ0n) is 13.0. The molecule has 1 heterocycles. The minimum Gasteiger partial charge on any atom is -0.381 e. The second-order valence-corrected chi connectivity index (χ2v) is 6.69. The van der Waals surface area contributed by atoms with Gasteiger partial charge in [0.15, 0.2) is 0 Å². The van der Waals surface area contributed by atoms with Crippen LogP contribution >= 0.6 is 0 Å². The van der Waals surface area contributed by atoms with Crippen molar-refractivity contribution >= 4 is 11.6 Å². The maximum absolute atomic E-state index is 12.4. The molecule has 1 aromatic carbocycles. The van der Waals surface area contributed by atoms with Crippen molar-refractivity contribution < 1.29 is 4.79 Å². The molecular weight excluding hydrogens is 262 g/mol. The highest BCUT2D eigenvalue weighted by molar-refractivity contribution is 5.89. The lowest BCUT2D eigenvalue weighted by Gasteiger charge is -2.35. The second kappa shape index (κ2) is 5.34. The molecule has 1 saturated heterocycles. The fourth-order valence-corrected chi connectivity index (χ4v) is 3.01. The van der Waals surface area contributed by atoms with E-state index in [2.05, 4.69) is 37.4 Å². The number of likely N-dealkylation sites (tertiary alicyclic amines) is 1. The minimum atomic E-state index is -0.539. The SMILES string of the molecule is Cc1ccc(N[C@@H]2CCCN(C(=O)C3(N)CC3)C2)cc1C. The molecule has 1 aliphatic carbocycles. The smallest absolute Gasteiger partial charge is 0.242 e. The Morgan fingerprint density at radius 3 is 2.76 bits per heavy atom. The van der Waals surface area contributed by atoms with Gasteiger partial charge in [-0.1, -0.05) is 6.07 Å². The molecule has 2 aliphatic rings. The van der Waals surface area contributed by atoms with Gasteiger partial charge in [-0.3, -0.25) is 4.79 Å². The summed E-state index contributed by atoms with van der Waals surface area (Å²) >= 11 is 0. The molecule has 0 aromatic heterocycles. The Labute approximate surface area is 126 Å². The number of nitrogens with zero attached hydrogens (tertiary/aromatic N) is 1. The molecule has 1 aromatic rings.